The Kier molecular flexibility index (Phi) is 5.79. The highest BCUT2D eigenvalue weighted by Gasteiger charge is 2.11. The van der Waals surface area contributed by atoms with Gasteiger partial charge in [-0.3, -0.25) is 4.79 Å². The van der Waals surface area contributed by atoms with Crippen molar-refractivity contribution in [1.29, 1.82) is 0 Å². The van der Waals surface area contributed by atoms with Crippen molar-refractivity contribution in [3.05, 3.63) is 83.3 Å². The molecule has 0 unspecified atom stereocenters. The minimum atomic E-state index is -0.251. The van der Waals surface area contributed by atoms with E-state index in [9.17, 15) is 9.18 Å². The SMILES string of the molecule is CCn1nc(Cc2ccc(F)cc2)cc1NC(=O)CCc1ccccc1. The summed E-state index contributed by atoms with van der Waals surface area (Å²) in [5.41, 5.74) is 2.97. The Balaban J connectivity index is 1.62. The molecule has 0 radical (unpaired) electrons. The number of nitrogens with one attached hydrogen (secondary N) is 1. The van der Waals surface area contributed by atoms with Gasteiger partial charge in [0.25, 0.3) is 0 Å². The zero-order valence-electron chi connectivity index (χ0n) is 14.8. The summed E-state index contributed by atoms with van der Waals surface area (Å²) in [4.78, 5) is 12.3. The average molecular weight is 351 g/mol. The van der Waals surface area contributed by atoms with E-state index in [1.54, 1.807) is 16.8 Å². The molecular weight excluding hydrogens is 329 g/mol. The van der Waals surface area contributed by atoms with Gasteiger partial charge >= 0.3 is 0 Å². The Morgan fingerprint density at radius 3 is 2.50 bits per heavy atom. The predicted octanol–water partition coefficient (Wildman–Crippen LogP) is 4.20. The predicted molar refractivity (Wildman–Crippen MR) is 100 cm³/mol. The number of carbonyl (C=O) groups is 1. The molecule has 0 bridgehead atoms. The molecule has 0 aliphatic rings. The molecule has 26 heavy (non-hydrogen) atoms. The largest absolute Gasteiger partial charge is 0.311 e. The lowest BCUT2D eigenvalue weighted by Gasteiger charge is -2.06. The summed E-state index contributed by atoms with van der Waals surface area (Å²) in [7, 11) is 0. The van der Waals surface area contributed by atoms with Crippen LogP contribution in [0.4, 0.5) is 10.2 Å². The van der Waals surface area contributed by atoms with Gasteiger partial charge in [0.2, 0.25) is 5.91 Å². The second kappa shape index (κ2) is 8.43. The molecule has 1 amide bonds. The van der Waals surface area contributed by atoms with Crippen molar-refractivity contribution in [2.45, 2.75) is 32.7 Å². The number of aromatic nitrogens is 2. The smallest absolute Gasteiger partial charge is 0.225 e. The Bertz CT molecular complexity index is 857. The first-order valence-corrected chi connectivity index (χ1v) is 8.79. The standard InChI is InChI=1S/C21H22FN3O/c1-2-25-20(23-21(26)13-10-16-6-4-3-5-7-16)15-19(24-25)14-17-8-11-18(22)12-9-17/h3-9,11-12,15H,2,10,13-14H2,1H3,(H,23,26). The zero-order valence-corrected chi connectivity index (χ0v) is 14.8. The number of nitrogens with zero attached hydrogens (tertiary/aromatic N) is 2. The summed E-state index contributed by atoms with van der Waals surface area (Å²) in [6.07, 6.45) is 1.72. The van der Waals surface area contributed by atoms with Crippen LogP contribution in [0.2, 0.25) is 0 Å². The maximum absolute atomic E-state index is 13.0. The molecule has 0 aliphatic carbocycles. The molecular formula is C21H22FN3O. The van der Waals surface area contributed by atoms with Crippen molar-refractivity contribution in [1.82, 2.24) is 9.78 Å². The van der Waals surface area contributed by atoms with Crippen LogP contribution in [-0.4, -0.2) is 15.7 Å². The Hall–Kier alpha value is -2.95. The number of rotatable bonds is 7. The first-order valence-electron chi connectivity index (χ1n) is 8.79. The number of amides is 1. The van der Waals surface area contributed by atoms with Gasteiger partial charge in [0.15, 0.2) is 0 Å². The zero-order chi connectivity index (χ0) is 18.4. The van der Waals surface area contributed by atoms with Crippen LogP contribution in [0.25, 0.3) is 0 Å². The summed E-state index contributed by atoms with van der Waals surface area (Å²) >= 11 is 0. The molecule has 2 aromatic carbocycles. The number of benzene rings is 2. The van der Waals surface area contributed by atoms with Gasteiger partial charge in [-0.2, -0.15) is 5.10 Å². The molecule has 5 heteroatoms. The van der Waals surface area contributed by atoms with E-state index >= 15 is 0 Å². The van der Waals surface area contributed by atoms with Gasteiger partial charge < -0.3 is 5.32 Å². The first kappa shape index (κ1) is 17.9. The molecule has 3 aromatic rings. The molecule has 0 atom stereocenters. The van der Waals surface area contributed by atoms with Gasteiger partial charge in [0.05, 0.1) is 5.69 Å². The monoisotopic (exact) mass is 351 g/mol. The van der Waals surface area contributed by atoms with Crippen LogP contribution < -0.4 is 5.32 Å². The summed E-state index contributed by atoms with van der Waals surface area (Å²) in [5.74, 6) is 0.415. The number of hydrogen-bond acceptors (Lipinski definition) is 2. The van der Waals surface area contributed by atoms with E-state index in [0.29, 0.717) is 31.6 Å². The van der Waals surface area contributed by atoms with Gasteiger partial charge in [-0.1, -0.05) is 42.5 Å². The molecule has 134 valence electrons. The van der Waals surface area contributed by atoms with Crippen LogP contribution >= 0.6 is 0 Å². The van der Waals surface area contributed by atoms with Crippen LogP contribution in [-0.2, 0) is 24.2 Å². The second-order valence-corrected chi connectivity index (χ2v) is 6.17. The van der Waals surface area contributed by atoms with Crippen molar-refractivity contribution in [3.8, 4) is 0 Å². The van der Waals surface area contributed by atoms with Crippen LogP contribution in [0.5, 0.6) is 0 Å². The third-order valence-electron chi connectivity index (χ3n) is 4.18. The van der Waals surface area contributed by atoms with E-state index in [0.717, 1.165) is 16.8 Å². The molecule has 0 fully saturated rings. The molecule has 3 rings (SSSR count). The van der Waals surface area contributed by atoms with Crippen LogP contribution in [0.3, 0.4) is 0 Å². The number of hydrogen-bond donors (Lipinski definition) is 1. The average Bonchev–Trinajstić information content (AvgIpc) is 3.04. The van der Waals surface area contributed by atoms with Gasteiger partial charge in [0.1, 0.15) is 11.6 Å². The van der Waals surface area contributed by atoms with E-state index in [1.165, 1.54) is 12.1 Å². The van der Waals surface area contributed by atoms with E-state index < -0.39 is 0 Å². The maximum Gasteiger partial charge on any atom is 0.225 e. The van der Waals surface area contributed by atoms with Crippen LogP contribution in [0.15, 0.2) is 60.7 Å². The first-order chi connectivity index (χ1) is 12.6. The van der Waals surface area contributed by atoms with Crippen molar-refractivity contribution < 1.29 is 9.18 Å². The highest BCUT2D eigenvalue weighted by Crippen LogP contribution is 2.16. The number of anilines is 1. The molecule has 1 N–H and O–H groups in total. The van der Waals surface area contributed by atoms with Crippen LogP contribution in [0.1, 0.15) is 30.2 Å². The Labute approximate surface area is 152 Å². The topological polar surface area (TPSA) is 46.9 Å². The molecule has 1 aromatic heterocycles. The fourth-order valence-electron chi connectivity index (χ4n) is 2.82. The number of carbonyl (C=O) groups excluding carboxylic acids is 1. The van der Waals surface area contributed by atoms with Gasteiger partial charge in [-0.15, -0.1) is 0 Å². The minimum Gasteiger partial charge on any atom is -0.311 e. The highest BCUT2D eigenvalue weighted by atomic mass is 19.1. The van der Waals surface area contributed by atoms with Gasteiger partial charge in [0, 0.05) is 25.5 Å². The Morgan fingerprint density at radius 2 is 1.81 bits per heavy atom. The van der Waals surface area contributed by atoms with Crippen molar-refractivity contribution >= 4 is 11.7 Å². The van der Waals surface area contributed by atoms with Gasteiger partial charge in [-0.05, 0) is 36.6 Å². The van der Waals surface area contributed by atoms with Crippen molar-refractivity contribution in [2.75, 3.05) is 5.32 Å². The number of halogens is 1. The quantitative estimate of drug-likeness (QED) is 0.693. The van der Waals surface area contributed by atoms with Crippen molar-refractivity contribution in [2.24, 2.45) is 0 Å². The lowest BCUT2D eigenvalue weighted by atomic mass is 10.1. The van der Waals surface area contributed by atoms with E-state index in [1.807, 2.05) is 43.3 Å². The molecule has 0 saturated carbocycles. The molecule has 4 nitrogen and oxygen atoms in total. The third-order valence-corrected chi connectivity index (χ3v) is 4.18. The fourth-order valence-corrected chi connectivity index (χ4v) is 2.82. The van der Waals surface area contributed by atoms with E-state index in [2.05, 4.69) is 10.4 Å². The number of aryl methyl sites for hydroxylation is 2. The lowest BCUT2D eigenvalue weighted by molar-refractivity contribution is -0.116. The Morgan fingerprint density at radius 1 is 1.08 bits per heavy atom. The highest BCUT2D eigenvalue weighted by molar-refractivity contribution is 5.90. The maximum atomic E-state index is 13.0. The minimum absolute atomic E-state index is 0.0308. The summed E-state index contributed by atoms with van der Waals surface area (Å²) in [6, 6.07) is 18.2. The summed E-state index contributed by atoms with van der Waals surface area (Å²) in [6.45, 7) is 2.64. The fraction of sp³-hybridized carbons (Fsp3) is 0.238. The summed E-state index contributed by atoms with van der Waals surface area (Å²) < 4.78 is 14.8. The van der Waals surface area contributed by atoms with E-state index in [4.69, 9.17) is 0 Å². The second-order valence-electron chi connectivity index (χ2n) is 6.17. The molecule has 0 aliphatic heterocycles. The normalized spacial score (nSPS) is 10.7. The van der Waals surface area contributed by atoms with Gasteiger partial charge in [-0.25, -0.2) is 9.07 Å². The molecule has 0 spiro atoms. The molecule has 0 saturated heterocycles. The summed E-state index contributed by atoms with van der Waals surface area (Å²) in [5, 5.41) is 7.47. The van der Waals surface area contributed by atoms with Crippen molar-refractivity contribution in [3.63, 3.8) is 0 Å². The molecule has 1 heterocycles. The lowest BCUT2D eigenvalue weighted by Crippen LogP contribution is -2.15. The van der Waals surface area contributed by atoms with Crippen LogP contribution in [0, 0.1) is 5.82 Å². The third kappa shape index (κ3) is 4.79. The van der Waals surface area contributed by atoms with E-state index in [-0.39, 0.29) is 11.7 Å².